The molecule has 2 N–H and O–H groups in total. The van der Waals surface area contributed by atoms with E-state index >= 15 is 0 Å². The van der Waals surface area contributed by atoms with Crippen LogP contribution in [-0.2, 0) is 16.6 Å². The van der Waals surface area contributed by atoms with E-state index in [-0.39, 0.29) is 12.1 Å². The Hall–Kier alpha value is -0.710. The third kappa shape index (κ3) is 5.53. The van der Waals surface area contributed by atoms with Gasteiger partial charge in [-0.05, 0) is 19.2 Å². The molecule has 0 aliphatic carbocycles. The molecule has 0 atom stereocenters. The van der Waals surface area contributed by atoms with Gasteiger partial charge in [-0.1, -0.05) is 15.9 Å². The molecule has 0 amide bonds. The Morgan fingerprint density at radius 3 is 2.43 bits per heavy atom. The van der Waals surface area contributed by atoms with Crippen LogP contribution in [0.1, 0.15) is 12.0 Å². The number of hydrogen-bond donors (Lipinski definition) is 2. The van der Waals surface area contributed by atoms with Crippen LogP contribution in [0, 0.1) is 5.82 Å². The fourth-order valence-corrected chi connectivity index (χ4v) is 3.37. The Bertz CT molecular complexity index is 605. The fraction of sp³-hybridized carbons (Fsp3) is 0.455. The highest BCUT2D eigenvalue weighted by atomic mass is 79.9. The third-order valence-electron chi connectivity index (χ3n) is 2.44. The lowest BCUT2D eigenvalue weighted by molar-refractivity contribution is -0.132. The minimum Gasteiger partial charge on any atom is -0.316 e. The summed E-state index contributed by atoms with van der Waals surface area (Å²) in [5.74, 6) is -0.993. The van der Waals surface area contributed by atoms with E-state index in [4.69, 9.17) is 0 Å². The predicted octanol–water partition coefficient (Wildman–Crippen LogP) is 2.54. The summed E-state index contributed by atoms with van der Waals surface area (Å²) < 4.78 is 76.0. The molecule has 0 heterocycles. The first-order valence-electron chi connectivity index (χ1n) is 5.76. The Morgan fingerprint density at radius 2 is 1.90 bits per heavy atom. The molecule has 0 radical (unpaired) electrons. The number of hydrogen-bond acceptors (Lipinski definition) is 3. The lowest BCUT2D eigenvalue weighted by Crippen LogP contribution is -2.29. The summed E-state index contributed by atoms with van der Waals surface area (Å²) in [6.45, 7) is -0.768. The van der Waals surface area contributed by atoms with Gasteiger partial charge < -0.3 is 5.32 Å². The lowest BCUT2D eigenvalue weighted by Gasteiger charge is -2.12. The highest BCUT2D eigenvalue weighted by molar-refractivity contribution is 9.10. The predicted molar refractivity (Wildman–Crippen MR) is 72.7 cm³/mol. The molecule has 1 rings (SSSR count). The van der Waals surface area contributed by atoms with Gasteiger partial charge in [0.15, 0.2) is 0 Å². The zero-order valence-corrected chi connectivity index (χ0v) is 13.3. The van der Waals surface area contributed by atoms with Crippen molar-refractivity contribution in [1.29, 1.82) is 0 Å². The van der Waals surface area contributed by atoms with Crippen LogP contribution in [0.15, 0.2) is 21.5 Å². The molecule has 0 bridgehead atoms. The van der Waals surface area contributed by atoms with Crippen molar-refractivity contribution in [3.63, 3.8) is 0 Å². The lowest BCUT2D eigenvalue weighted by atomic mass is 10.2. The summed E-state index contributed by atoms with van der Waals surface area (Å²) in [6, 6.07) is 2.39. The molecule has 0 aliphatic rings. The van der Waals surface area contributed by atoms with Crippen LogP contribution in [0.25, 0.3) is 0 Å². The number of rotatable bonds is 6. The summed E-state index contributed by atoms with van der Waals surface area (Å²) in [7, 11) is -2.81. The average Bonchev–Trinajstić information content (AvgIpc) is 2.31. The van der Waals surface area contributed by atoms with Crippen LogP contribution in [0.3, 0.4) is 0 Å². The monoisotopic (exact) mass is 392 g/mol. The molecule has 21 heavy (non-hydrogen) atoms. The van der Waals surface area contributed by atoms with Crippen LogP contribution in [-0.4, -0.2) is 28.2 Å². The van der Waals surface area contributed by atoms with Crippen molar-refractivity contribution in [2.45, 2.75) is 24.0 Å². The molecule has 0 aromatic heterocycles. The molecule has 120 valence electrons. The van der Waals surface area contributed by atoms with Gasteiger partial charge in [0.25, 0.3) is 0 Å². The van der Waals surface area contributed by atoms with E-state index in [1.54, 1.807) is 11.8 Å². The Labute approximate surface area is 128 Å². The first-order chi connectivity index (χ1) is 9.57. The summed E-state index contributed by atoms with van der Waals surface area (Å²) >= 11 is 3.04. The molecule has 1 aromatic carbocycles. The van der Waals surface area contributed by atoms with E-state index in [1.165, 1.54) is 6.07 Å². The Morgan fingerprint density at radius 1 is 1.29 bits per heavy atom. The molecule has 1 aromatic rings. The number of sulfonamides is 1. The van der Waals surface area contributed by atoms with Crippen molar-refractivity contribution in [2.24, 2.45) is 0 Å². The average molecular weight is 393 g/mol. The maximum atomic E-state index is 14.1. The number of alkyl halides is 3. The molecule has 0 saturated carbocycles. The van der Waals surface area contributed by atoms with Gasteiger partial charge in [-0.15, -0.1) is 0 Å². The second kappa shape index (κ2) is 7.03. The van der Waals surface area contributed by atoms with Gasteiger partial charge in [0.05, 0.1) is 6.42 Å². The maximum Gasteiger partial charge on any atom is 0.390 e. The summed E-state index contributed by atoms with van der Waals surface area (Å²) in [5, 5.41) is 2.67. The van der Waals surface area contributed by atoms with Crippen LogP contribution in [0.4, 0.5) is 17.6 Å². The van der Waals surface area contributed by atoms with Crippen molar-refractivity contribution in [3.8, 4) is 0 Å². The van der Waals surface area contributed by atoms with Gasteiger partial charge in [0, 0.05) is 23.1 Å². The van der Waals surface area contributed by atoms with Crippen LogP contribution in [0.5, 0.6) is 0 Å². The molecule has 0 saturated heterocycles. The molecule has 0 unspecified atom stereocenters. The molecule has 4 nitrogen and oxygen atoms in total. The van der Waals surface area contributed by atoms with Crippen molar-refractivity contribution >= 4 is 26.0 Å². The van der Waals surface area contributed by atoms with Crippen LogP contribution >= 0.6 is 15.9 Å². The Kier molecular flexibility index (Phi) is 6.14. The highest BCUT2D eigenvalue weighted by Crippen LogP contribution is 2.24. The topological polar surface area (TPSA) is 58.2 Å². The first kappa shape index (κ1) is 18.3. The second-order valence-corrected chi connectivity index (χ2v) is 6.82. The Balaban J connectivity index is 3.03. The molecular weight excluding hydrogens is 380 g/mol. The summed E-state index contributed by atoms with van der Waals surface area (Å²) in [4.78, 5) is -0.690. The SMILES string of the molecule is CNCc1cc(Br)cc(S(=O)(=O)NCCC(F)(F)F)c1F. The second-order valence-electron chi connectivity index (χ2n) is 4.17. The van der Waals surface area contributed by atoms with Crippen LogP contribution < -0.4 is 10.0 Å². The van der Waals surface area contributed by atoms with Crippen LogP contribution in [0.2, 0.25) is 0 Å². The van der Waals surface area contributed by atoms with E-state index < -0.39 is 39.9 Å². The largest absolute Gasteiger partial charge is 0.390 e. The van der Waals surface area contributed by atoms with Gasteiger partial charge in [0.2, 0.25) is 10.0 Å². The van der Waals surface area contributed by atoms with E-state index in [0.29, 0.717) is 4.47 Å². The van der Waals surface area contributed by atoms with Crippen molar-refractivity contribution in [2.75, 3.05) is 13.6 Å². The molecule has 10 heteroatoms. The molecular formula is C11H13BrF4N2O2S. The maximum absolute atomic E-state index is 14.1. The fourth-order valence-electron chi connectivity index (χ4n) is 1.54. The van der Waals surface area contributed by atoms with Crippen molar-refractivity contribution in [1.82, 2.24) is 10.0 Å². The van der Waals surface area contributed by atoms with E-state index in [1.807, 2.05) is 0 Å². The molecule has 0 aliphatic heterocycles. The van der Waals surface area contributed by atoms with Gasteiger partial charge >= 0.3 is 6.18 Å². The van der Waals surface area contributed by atoms with Crippen molar-refractivity contribution < 1.29 is 26.0 Å². The zero-order valence-electron chi connectivity index (χ0n) is 10.9. The number of nitrogens with one attached hydrogen (secondary N) is 2. The highest BCUT2D eigenvalue weighted by Gasteiger charge is 2.28. The minimum atomic E-state index is -4.49. The van der Waals surface area contributed by atoms with Crippen molar-refractivity contribution in [3.05, 3.63) is 28.0 Å². The standard InChI is InChI=1S/C11H13BrF4N2O2S/c1-17-6-7-4-8(12)5-9(10(7)13)21(19,20)18-3-2-11(14,15)16/h4-5,17-18H,2-3,6H2,1H3. The summed E-state index contributed by atoms with van der Waals surface area (Å²) in [6.07, 6.45) is -5.82. The van der Waals surface area contributed by atoms with E-state index in [0.717, 1.165) is 6.07 Å². The van der Waals surface area contributed by atoms with E-state index in [9.17, 15) is 26.0 Å². The normalized spacial score (nSPS) is 12.7. The first-order valence-corrected chi connectivity index (χ1v) is 8.03. The van der Waals surface area contributed by atoms with Gasteiger partial charge in [-0.3, -0.25) is 0 Å². The number of halogens is 5. The van der Waals surface area contributed by atoms with Gasteiger partial charge in [-0.2, -0.15) is 13.2 Å². The number of benzene rings is 1. The van der Waals surface area contributed by atoms with Gasteiger partial charge in [-0.25, -0.2) is 17.5 Å². The summed E-state index contributed by atoms with van der Waals surface area (Å²) in [5.41, 5.74) is 0.0862. The zero-order chi connectivity index (χ0) is 16.3. The minimum absolute atomic E-state index is 0.0797. The third-order valence-corrected chi connectivity index (χ3v) is 4.35. The smallest absolute Gasteiger partial charge is 0.316 e. The van der Waals surface area contributed by atoms with E-state index in [2.05, 4.69) is 21.2 Å². The molecule has 0 spiro atoms. The van der Waals surface area contributed by atoms with Gasteiger partial charge in [0.1, 0.15) is 10.7 Å². The quantitative estimate of drug-likeness (QED) is 0.731. The molecule has 0 fully saturated rings.